The Morgan fingerprint density at radius 2 is 1.65 bits per heavy atom. The van der Waals surface area contributed by atoms with Gasteiger partial charge in [0.15, 0.2) is 10.9 Å². The maximum Gasteiger partial charge on any atom is 0.293 e. The van der Waals surface area contributed by atoms with E-state index >= 15 is 0 Å². The average Bonchev–Trinajstić information content (AvgIpc) is 3.36. The molecule has 1 aliphatic heterocycles. The van der Waals surface area contributed by atoms with E-state index in [0.29, 0.717) is 58.3 Å². The number of hydrogen-bond donors (Lipinski definition) is 2. The minimum atomic E-state index is -0.500. The molecular weight excluding hydrogens is 555 g/mol. The SMILES string of the molecule is CC(C)C(=O)N1CCN(c2ccc(NC(=S)NC(=O)c3ccc(-c4ccc(Cl)c(Cl)c4)o3)cc2Cl)CC1. The molecule has 37 heavy (non-hydrogen) atoms. The summed E-state index contributed by atoms with van der Waals surface area (Å²) in [6.45, 7) is 6.53. The standard InChI is InChI=1S/C26H25Cl3N4O3S/c1-15(2)25(35)33-11-9-32(10-12-33)21-6-4-17(14-20(21)29)30-26(37)31-24(34)23-8-7-22(36-23)16-3-5-18(27)19(28)13-16/h3-8,13-15H,9-12H2,1-2H3,(H2,30,31,34,37). The average molecular weight is 580 g/mol. The molecule has 3 aromatic rings. The van der Waals surface area contributed by atoms with Crippen LogP contribution in [0.5, 0.6) is 0 Å². The Labute approximate surface area is 235 Å². The number of amides is 2. The van der Waals surface area contributed by atoms with Gasteiger partial charge in [-0.25, -0.2) is 0 Å². The van der Waals surface area contributed by atoms with Gasteiger partial charge in [0.25, 0.3) is 5.91 Å². The number of anilines is 2. The third-order valence-electron chi connectivity index (χ3n) is 5.89. The van der Waals surface area contributed by atoms with Gasteiger partial charge in [0.05, 0.1) is 20.8 Å². The summed E-state index contributed by atoms with van der Waals surface area (Å²) in [4.78, 5) is 28.9. The number of piperazine rings is 1. The second-order valence-corrected chi connectivity index (χ2v) is 10.5. The fraction of sp³-hybridized carbons (Fsp3) is 0.269. The van der Waals surface area contributed by atoms with Gasteiger partial charge in [-0.2, -0.15) is 0 Å². The van der Waals surface area contributed by atoms with Gasteiger partial charge < -0.3 is 19.5 Å². The second kappa shape index (κ2) is 11.7. The summed E-state index contributed by atoms with van der Waals surface area (Å²) >= 11 is 23.9. The highest BCUT2D eigenvalue weighted by atomic mass is 35.5. The van der Waals surface area contributed by atoms with Crippen LogP contribution in [0, 0.1) is 5.92 Å². The number of thiocarbonyl (C=S) groups is 1. The summed E-state index contributed by atoms with van der Waals surface area (Å²) in [7, 11) is 0. The molecule has 1 saturated heterocycles. The molecular formula is C26H25Cl3N4O3S. The number of carbonyl (C=O) groups is 2. The minimum Gasteiger partial charge on any atom is -0.451 e. The van der Waals surface area contributed by atoms with Crippen molar-refractivity contribution in [1.82, 2.24) is 10.2 Å². The smallest absolute Gasteiger partial charge is 0.293 e. The highest BCUT2D eigenvalue weighted by Gasteiger charge is 2.24. The monoisotopic (exact) mass is 578 g/mol. The maximum absolute atomic E-state index is 12.6. The van der Waals surface area contributed by atoms with E-state index in [2.05, 4.69) is 15.5 Å². The molecule has 0 aliphatic carbocycles. The van der Waals surface area contributed by atoms with Crippen molar-refractivity contribution >= 4 is 75.3 Å². The van der Waals surface area contributed by atoms with Gasteiger partial charge in [0.2, 0.25) is 5.91 Å². The predicted octanol–water partition coefficient (Wildman–Crippen LogP) is 6.34. The number of rotatable bonds is 5. The van der Waals surface area contributed by atoms with Gasteiger partial charge in [0, 0.05) is 43.3 Å². The lowest BCUT2D eigenvalue weighted by atomic mass is 10.1. The highest BCUT2D eigenvalue weighted by molar-refractivity contribution is 7.80. The van der Waals surface area contributed by atoms with Gasteiger partial charge in [0.1, 0.15) is 5.76 Å². The largest absolute Gasteiger partial charge is 0.451 e. The first kappa shape index (κ1) is 27.3. The van der Waals surface area contributed by atoms with Crippen LogP contribution in [0.25, 0.3) is 11.3 Å². The molecule has 0 spiro atoms. The zero-order valence-corrected chi connectivity index (χ0v) is 23.3. The van der Waals surface area contributed by atoms with Crippen molar-refractivity contribution in [3.63, 3.8) is 0 Å². The van der Waals surface area contributed by atoms with Crippen molar-refractivity contribution in [1.29, 1.82) is 0 Å². The van der Waals surface area contributed by atoms with Crippen LogP contribution >= 0.6 is 47.0 Å². The van der Waals surface area contributed by atoms with E-state index in [0.717, 1.165) is 5.69 Å². The number of nitrogens with one attached hydrogen (secondary N) is 2. The van der Waals surface area contributed by atoms with Crippen LogP contribution in [-0.2, 0) is 4.79 Å². The number of halogens is 3. The van der Waals surface area contributed by atoms with E-state index in [-0.39, 0.29) is 22.7 Å². The molecule has 0 bridgehead atoms. The first-order valence-electron chi connectivity index (χ1n) is 11.6. The van der Waals surface area contributed by atoms with E-state index < -0.39 is 5.91 Å². The van der Waals surface area contributed by atoms with Crippen LogP contribution in [0.1, 0.15) is 24.4 Å². The molecule has 2 amide bonds. The summed E-state index contributed by atoms with van der Waals surface area (Å²) in [6, 6.07) is 13.8. The first-order chi connectivity index (χ1) is 17.6. The molecule has 0 unspecified atom stereocenters. The normalized spacial score (nSPS) is 13.6. The third kappa shape index (κ3) is 6.57. The number of nitrogens with zero attached hydrogens (tertiary/aromatic N) is 2. The first-order valence-corrected chi connectivity index (χ1v) is 13.2. The molecule has 194 valence electrons. The molecule has 1 aliphatic rings. The summed E-state index contributed by atoms with van der Waals surface area (Å²) in [6.07, 6.45) is 0. The molecule has 0 radical (unpaired) electrons. The van der Waals surface area contributed by atoms with Gasteiger partial charge in [-0.15, -0.1) is 0 Å². The predicted molar refractivity (Wildman–Crippen MR) is 153 cm³/mol. The van der Waals surface area contributed by atoms with E-state index in [1.807, 2.05) is 30.9 Å². The minimum absolute atomic E-state index is 0.0118. The number of furan rings is 1. The Kier molecular flexibility index (Phi) is 8.64. The van der Waals surface area contributed by atoms with Crippen LogP contribution in [-0.4, -0.2) is 48.0 Å². The van der Waals surface area contributed by atoms with Crippen molar-refractivity contribution in [3.8, 4) is 11.3 Å². The molecule has 7 nitrogen and oxygen atoms in total. The highest BCUT2D eigenvalue weighted by Crippen LogP contribution is 2.31. The topological polar surface area (TPSA) is 77.8 Å². The van der Waals surface area contributed by atoms with Crippen molar-refractivity contribution in [2.75, 3.05) is 36.4 Å². The fourth-order valence-corrected chi connectivity index (χ4v) is 4.77. The zero-order chi connectivity index (χ0) is 26.7. The van der Waals surface area contributed by atoms with Crippen molar-refractivity contribution in [3.05, 3.63) is 69.4 Å². The molecule has 1 fully saturated rings. The second-order valence-electron chi connectivity index (χ2n) is 8.83. The van der Waals surface area contributed by atoms with E-state index in [9.17, 15) is 9.59 Å². The quantitative estimate of drug-likeness (QED) is 0.344. The number of hydrogen-bond acceptors (Lipinski definition) is 5. The lowest BCUT2D eigenvalue weighted by molar-refractivity contribution is -0.134. The molecule has 0 saturated carbocycles. The maximum atomic E-state index is 12.6. The Hall–Kier alpha value is -2.78. The van der Waals surface area contributed by atoms with Crippen LogP contribution in [0.4, 0.5) is 11.4 Å². The Morgan fingerprint density at radius 1 is 0.919 bits per heavy atom. The van der Waals surface area contributed by atoms with Gasteiger partial charge in [-0.3, -0.25) is 14.9 Å². The summed E-state index contributed by atoms with van der Waals surface area (Å²) in [5.41, 5.74) is 2.20. The van der Waals surface area contributed by atoms with E-state index in [1.165, 1.54) is 0 Å². The molecule has 2 aromatic carbocycles. The summed E-state index contributed by atoms with van der Waals surface area (Å²) < 4.78 is 5.66. The van der Waals surface area contributed by atoms with Crippen molar-refractivity contribution in [2.45, 2.75) is 13.8 Å². The molecule has 2 heterocycles. The Bertz CT molecular complexity index is 1340. The lowest BCUT2D eigenvalue weighted by Crippen LogP contribution is -2.50. The van der Waals surface area contributed by atoms with Crippen molar-refractivity contribution in [2.24, 2.45) is 5.92 Å². The van der Waals surface area contributed by atoms with Gasteiger partial charge in [-0.05, 0) is 60.7 Å². The molecule has 1 aromatic heterocycles. The molecule has 0 atom stereocenters. The Morgan fingerprint density at radius 3 is 2.30 bits per heavy atom. The van der Waals surface area contributed by atoms with Crippen LogP contribution in [0.2, 0.25) is 15.1 Å². The molecule has 2 N–H and O–H groups in total. The van der Waals surface area contributed by atoms with E-state index in [4.69, 9.17) is 51.4 Å². The number of carbonyl (C=O) groups excluding carboxylic acids is 2. The molecule has 4 rings (SSSR count). The number of benzene rings is 2. The van der Waals surface area contributed by atoms with Gasteiger partial charge in [-0.1, -0.05) is 48.7 Å². The lowest BCUT2D eigenvalue weighted by Gasteiger charge is -2.37. The van der Waals surface area contributed by atoms with Crippen molar-refractivity contribution < 1.29 is 14.0 Å². The fourth-order valence-electron chi connectivity index (χ4n) is 3.97. The van der Waals surface area contributed by atoms with Gasteiger partial charge >= 0.3 is 0 Å². The Balaban J connectivity index is 1.33. The van der Waals surface area contributed by atoms with Crippen LogP contribution in [0.15, 0.2) is 52.9 Å². The van der Waals surface area contributed by atoms with Crippen LogP contribution in [0.3, 0.4) is 0 Å². The third-order valence-corrected chi connectivity index (χ3v) is 7.14. The van der Waals surface area contributed by atoms with E-state index in [1.54, 1.807) is 36.4 Å². The molecule has 11 heteroatoms. The summed E-state index contributed by atoms with van der Waals surface area (Å²) in [5, 5.41) is 7.03. The zero-order valence-electron chi connectivity index (χ0n) is 20.2. The summed E-state index contributed by atoms with van der Waals surface area (Å²) in [5.74, 6) is 0.219. The van der Waals surface area contributed by atoms with Crippen LogP contribution < -0.4 is 15.5 Å².